The molecular formula is C22H24N4O4S2. The Labute approximate surface area is 191 Å². The maximum absolute atomic E-state index is 13.4. The summed E-state index contributed by atoms with van der Waals surface area (Å²) in [7, 11) is -2.93. The number of hydrogen-bond acceptors (Lipinski definition) is 7. The van der Waals surface area contributed by atoms with Gasteiger partial charge in [-0.2, -0.15) is 0 Å². The summed E-state index contributed by atoms with van der Waals surface area (Å²) in [5.74, 6) is 0.143. The summed E-state index contributed by atoms with van der Waals surface area (Å²) in [6.07, 6.45) is 2.35. The van der Waals surface area contributed by atoms with E-state index < -0.39 is 9.84 Å². The molecule has 2 saturated heterocycles. The van der Waals surface area contributed by atoms with Crippen molar-refractivity contribution >= 4 is 39.1 Å². The van der Waals surface area contributed by atoms with E-state index >= 15 is 0 Å². The first-order valence-corrected chi connectivity index (χ1v) is 13.3. The van der Waals surface area contributed by atoms with Crippen LogP contribution in [-0.4, -0.2) is 85.3 Å². The minimum Gasteiger partial charge on any atom is -0.339 e. The number of carbonyl (C=O) groups is 2. The van der Waals surface area contributed by atoms with Crippen molar-refractivity contribution in [3.63, 3.8) is 0 Å². The van der Waals surface area contributed by atoms with Crippen LogP contribution in [0.15, 0.2) is 52.5 Å². The molecule has 2 amide bonds. The van der Waals surface area contributed by atoms with E-state index in [2.05, 4.69) is 9.88 Å². The summed E-state index contributed by atoms with van der Waals surface area (Å²) < 4.78 is 23.6. The first-order valence-electron chi connectivity index (χ1n) is 10.7. The smallest absolute Gasteiger partial charge is 0.259 e. The highest BCUT2D eigenvalue weighted by Gasteiger charge is 2.35. The van der Waals surface area contributed by atoms with Crippen molar-refractivity contribution in [2.45, 2.75) is 22.4 Å². The van der Waals surface area contributed by atoms with Crippen molar-refractivity contribution < 1.29 is 18.0 Å². The van der Waals surface area contributed by atoms with Crippen molar-refractivity contribution in [3.8, 4) is 0 Å². The lowest BCUT2D eigenvalue weighted by Gasteiger charge is -2.38. The first-order chi connectivity index (χ1) is 15.4. The van der Waals surface area contributed by atoms with Crippen molar-refractivity contribution in [3.05, 3.63) is 48.2 Å². The number of sulfone groups is 1. The first kappa shape index (κ1) is 21.4. The Morgan fingerprint density at radius 1 is 1.09 bits per heavy atom. The highest BCUT2D eigenvalue weighted by atomic mass is 32.2. The molecule has 0 N–H and O–H groups in total. The van der Waals surface area contributed by atoms with E-state index in [9.17, 15) is 18.0 Å². The van der Waals surface area contributed by atoms with Gasteiger partial charge in [0.15, 0.2) is 9.84 Å². The van der Waals surface area contributed by atoms with Crippen LogP contribution in [0.2, 0.25) is 0 Å². The number of carbonyl (C=O) groups excluding carboxylic acids is 2. The summed E-state index contributed by atoms with van der Waals surface area (Å²) >= 11 is 1.43. The summed E-state index contributed by atoms with van der Waals surface area (Å²) in [5, 5.41) is 0.700. The molecule has 3 aliphatic rings. The van der Waals surface area contributed by atoms with Crippen LogP contribution in [0.4, 0.5) is 5.69 Å². The molecule has 1 aromatic heterocycles. The van der Waals surface area contributed by atoms with Gasteiger partial charge < -0.3 is 4.90 Å². The molecule has 2 fully saturated rings. The maximum atomic E-state index is 13.4. The fourth-order valence-corrected chi connectivity index (χ4v) is 7.33. The molecule has 0 saturated carbocycles. The molecule has 0 spiro atoms. The predicted octanol–water partition coefficient (Wildman–Crippen LogP) is 1.52. The molecule has 1 aromatic carbocycles. The van der Waals surface area contributed by atoms with Crippen molar-refractivity contribution in [2.75, 3.05) is 49.1 Å². The Morgan fingerprint density at radius 3 is 2.62 bits per heavy atom. The van der Waals surface area contributed by atoms with Crippen molar-refractivity contribution in [1.29, 1.82) is 0 Å². The van der Waals surface area contributed by atoms with Gasteiger partial charge in [0.05, 0.1) is 22.8 Å². The maximum Gasteiger partial charge on any atom is 0.259 e. The molecule has 32 heavy (non-hydrogen) atoms. The topological polar surface area (TPSA) is 90.9 Å². The molecule has 3 aliphatic heterocycles. The summed E-state index contributed by atoms with van der Waals surface area (Å²) in [6, 6.07) is 11.0. The average molecular weight is 473 g/mol. The van der Waals surface area contributed by atoms with Gasteiger partial charge in [-0.25, -0.2) is 13.4 Å². The average Bonchev–Trinajstić information content (AvgIpc) is 3.12. The second kappa shape index (κ2) is 8.49. The fraction of sp³-hybridized carbons (Fsp3) is 0.409. The molecule has 10 heteroatoms. The van der Waals surface area contributed by atoms with Crippen LogP contribution in [0.3, 0.4) is 0 Å². The van der Waals surface area contributed by atoms with Crippen LogP contribution in [-0.2, 0) is 14.6 Å². The Bertz CT molecular complexity index is 1160. The summed E-state index contributed by atoms with van der Waals surface area (Å²) in [6.45, 7) is 2.31. The molecular weight excluding hydrogens is 448 g/mol. The number of piperazine rings is 1. The summed E-state index contributed by atoms with van der Waals surface area (Å²) in [4.78, 5) is 37.3. The standard InChI is InChI=1S/C22H24N4O4S2/c27-20(25-11-9-24(10-12-25)16-7-13-32(29,30)15-16)14-26-18-5-3-8-23-21(18)31-19-6-2-1-4-17(19)22(26)28/h1-6,8,16H,7,9-15H2. The number of nitrogens with zero attached hydrogens (tertiary/aromatic N) is 4. The predicted molar refractivity (Wildman–Crippen MR) is 122 cm³/mol. The third kappa shape index (κ3) is 4.14. The lowest BCUT2D eigenvalue weighted by Crippen LogP contribution is -2.54. The van der Waals surface area contributed by atoms with Gasteiger partial charge in [0.2, 0.25) is 5.91 Å². The SMILES string of the molecule is O=C(CN1C(=O)c2ccccc2Sc2ncccc21)N1CCN(C2CCS(=O)(=O)C2)CC1. The van der Waals surface area contributed by atoms with Gasteiger partial charge in [-0.3, -0.25) is 19.4 Å². The number of aromatic nitrogens is 1. The molecule has 5 rings (SSSR count). The lowest BCUT2D eigenvalue weighted by molar-refractivity contribution is -0.131. The van der Waals surface area contributed by atoms with E-state index in [1.165, 1.54) is 16.7 Å². The zero-order chi connectivity index (χ0) is 22.3. The summed E-state index contributed by atoms with van der Waals surface area (Å²) in [5.41, 5.74) is 1.21. The minimum atomic E-state index is -2.93. The van der Waals surface area contributed by atoms with Gasteiger partial charge in [-0.15, -0.1) is 0 Å². The van der Waals surface area contributed by atoms with Crippen LogP contribution in [0, 0.1) is 0 Å². The van der Waals surface area contributed by atoms with E-state index in [4.69, 9.17) is 0 Å². The minimum absolute atomic E-state index is 0.0514. The Hall–Kier alpha value is -2.43. The number of pyridine rings is 1. The van der Waals surface area contributed by atoms with Gasteiger partial charge in [0.1, 0.15) is 11.6 Å². The normalized spacial score (nSPS) is 22.9. The van der Waals surface area contributed by atoms with Gasteiger partial charge in [-0.1, -0.05) is 23.9 Å². The second-order valence-corrected chi connectivity index (χ2v) is 11.6. The zero-order valence-corrected chi connectivity index (χ0v) is 19.1. The van der Waals surface area contributed by atoms with Crippen LogP contribution < -0.4 is 4.90 Å². The molecule has 0 bridgehead atoms. The van der Waals surface area contributed by atoms with Crippen LogP contribution >= 0.6 is 11.8 Å². The van der Waals surface area contributed by atoms with E-state index in [0.717, 1.165) is 4.90 Å². The van der Waals surface area contributed by atoms with E-state index in [1.807, 2.05) is 24.3 Å². The van der Waals surface area contributed by atoms with E-state index in [1.54, 1.807) is 23.2 Å². The van der Waals surface area contributed by atoms with E-state index in [-0.39, 0.29) is 35.9 Å². The molecule has 168 valence electrons. The van der Waals surface area contributed by atoms with Crippen LogP contribution in [0.25, 0.3) is 0 Å². The monoisotopic (exact) mass is 472 g/mol. The van der Waals surface area contributed by atoms with Crippen molar-refractivity contribution in [2.24, 2.45) is 0 Å². The zero-order valence-electron chi connectivity index (χ0n) is 17.5. The number of rotatable bonds is 3. The van der Waals surface area contributed by atoms with E-state index in [0.29, 0.717) is 48.9 Å². The Morgan fingerprint density at radius 2 is 1.88 bits per heavy atom. The molecule has 0 radical (unpaired) electrons. The van der Waals surface area contributed by atoms with Crippen molar-refractivity contribution in [1.82, 2.24) is 14.8 Å². The van der Waals surface area contributed by atoms with Gasteiger partial charge >= 0.3 is 0 Å². The molecule has 1 atom stereocenters. The quantitative estimate of drug-likeness (QED) is 0.669. The molecule has 4 heterocycles. The van der Waals surface area contributed by atoms with Crippen LogP contribution in [0.5, 0.6) is 0 Å². The molecule has 0 aliphatic carbocycles. The van der Waals surface area contributed by atoms with Crippen LogP contribution in [0.1, 0.15) is 16.8 Å². The number of anilines is 1. The lowest BCUT2D eigenvalue weighted by atomic mass is 10.1. The largest absolute Gasteiger partial charge is 0.339 e. The number of amides is 2. The number of fused-ring (bicyclic) bond motifs is 2. The highest BCUT2D eigenvalue weighted by molar-refractivity contribution is 7.99. The Balaban J connectivity index is 1.30. The third-order valence-corrected chi connectivity index (χ3v) is 9.13. The second-order valence-electron chi connectivity index (χ2n) is 8.29. The Kier molecular flexibility index (Phi) is 5.68. The fourth-order valence-electron chi connectivity index (χ4n) is 4.55. The van der Waals surface area contributed by atoms with Gasteiger partial charge in [-0.05, 0) is 30.7 Å². The number of hydrogen-bond donors (Lipinski definition) is 0. The molecule has 1 unspecified atom stereocenters. The molecule has 2 aromatic rings. The van der Waals surface area contributed by atoms with Gasteiger partial charge in [0, 0.05) is 43.3 Å². The molecule has 8 nitrogen and oxygen atoms in total. The highest BCUT2D eigenvalue weighted by Crippen LogP contribution is 2.39. The van der Waals surface area contributed by atoms with Gasteiger partial charge in [0.25, 0.3) is 5.91 Å². The third-order valence-electron chi connectivity index (χ3n) is 6.30. The number of benzene rings is 1.